The molecule has 3 rings (SSSR count). The Morgan fingerprint density at radius 2 is 1.28 bits per heavy atom. The van der Waals surface area contributed by atoms with Crippen LogP contribution in [0.25, 0.3) is 11.6 Å². The van der Waals surface area contributed by atoms with E-state index in [-0.39, 0.29) is 5.78 Å². The molecule has 0 amide bonds. The minimum atomic E-state index is 0.0281. The van der Waals surface area contributed by atoms with E-state index in [1.165, 1.54) is 0 Å². The maximum absolute atomic E-state index is 13.1. The Kier molecular flexibility index (Phi) is 5.10. The normalized spacial score (nSPS) is 11.2. The number of hydrogen-bond acceptors (Lipinski definition) is 2. The molecule has 2 heteroatoms. The maximum Gasteiger partial charge on any atom is 0.193 e. The molecule has 0 spiro atoms. The van der Waals surface area contributed by atoms with E-state index in [0.29, 0.717) is 11.1 Å². The number of hydrogen-bond donors (Lipinski definition) is 0. The van der Waals surface area contributed by atoms with Crippen molar-refractivity contribution in [1.29, 1.82) is 0 Å². The van der Waals surface area contributed by atoms with Gasteiger partial charge < -0.3 is 4.90 Å². The van der Waals surface area contributed by atoms with Gasteiger partial charge in [0, 0.05) is 30.9 Å². The fourth-order valence-electron chi connectivity index (χ4n) is 2.68. The van der Waals surface area contributed by atoms with Gasteiger partial charge in [-0.1, -0.05) is 60.7 Å². The molecule has 0 aliphatic heterocycles. The fourth-order valence-corrected chi connectivity index (χ4v) is 2.68. The van der Waals surface area contributed by atoms with Crippen LogP contribution < -0.4 is 4.90 Å². The number of ketones is 1. The van der Waals surface area contributed by atoms with Crippen molar-refractivity contribution in [1.82, 2.24) is 0 Å². The molecule has 0 saturated carbocycles. The monoisotopic (exact) mass is 327 g/mol. The summed E-state index contributed by atoms with van der Waals surface area (Å²) < 4.78 is 0. The van der Waals surface area contributed by atoms with Gasteiger partial charge in [-0.3, -0.25) is 4.79 Å². The molecule has 0 aliphatic rings. The minimum absolute atomic E-state index is 0.0281. The molecular weight excluding hydrogens is 306 g/mol. The quantitative estimate of drug-likeness (QED) is 0.366. The van der Waals surface area contributed by atoms with E-state index in [1.807, 2.05) is 110 Å². The van der Waals surface area contributed by atoms with Crippen molar-refractivity contribution in [2.75, 3.05) is 19.0 Å². The summed E-state index contributed by atoms with van der Waals surface area (Å²) in [4.78, 5) is 15.2. The lowest BCUT2D eigenvalue weighted by Gasteiger charge is -2.13. The van der Waals surface area contributed by atoms with Crippen molar-refractivity contribution < 1.29 is 4.79 Å². The number of benzene rings is 3. The molecule has 0 heterocycles. The number of Topliss-reactive ketones (excluding diaryl/α,β-unsaturated/α-hetero) is 1. The minimum Gasteiger partial charge on any atom is -0.378 e. The molecule has 0 fully saturated rings. The van der Waals surface area contributed by atoms with Gasteiger partial charge in [0.1, 0.15) is 0 Å². The van der Waals surface area contributed by atoms with Gasteiger partial charge in [-0.05, 0) is 41.5 Å². The third-order valence-electron chi connectivity index (χ3n) is 4.09. The SMILES string of the molecule is CN(C)c1ccc(C(=O)/C(=C/c2ccccc2)c2ccccc2)cc1. The molecular formula is C23H21NO. The van der Waals surface area contributed by atoms with E-state index in [9.17, 15) is 4.79 Å². The van der Waals surface area contributed by atoms with Gasteiger partial charge in [0.15, 0.2) is 5.78 Å². The molecule has 2 nitrogen and oxygen atoms in total. The highest BCUT2D eigenvalue weighted by atomic mass is 16.1. The standard InChI is InChI=1S/C23H21NO/c1-24(2)21-15-13-20(14-16-21)23(25)22(19-11-7-4-8-12-19)17-18-9-5-3-6-10-18/h3-17H,1-2H3/b22-17+. The highest BCUT2D eigenvalue weighted by molar-refractivity contribution is 6.32. The largest absolute Gasteiger partial charge is 0.378 e. The van der Waals surface area contributed by atoms with Gasteiger partial charge in [-0.2, -0.15) is 0 Å². The molecule has 25 heavy (non-hydrogen) atoms. The van der Waals surface area contributed by atoms with Crippen molar-refractivity contribution in [3.8, 4) is 0 Å². The fraction of sp³-hybridized carbons (Fsp3) is 0.0870. The van der Waals surface area contributed by atoms with E-state index < -0.39 is 0 Å². The van der Waals surface area contributed by atoms with Gasteiger partial charge in [-0.15, -0.1) is 0 Å². The average Bonchev–Trinajstić information content (AvgIpc) is 2.67. The molecule has 0 radical (unpaired) electrons. The lowest BCUT2D eigenvalue weighted by atomic mass is 9.94. The highest BCUT2D eigenvalue weighted by Gasteiger charge is 2.14. The van der Waals surface area contributed by atoms with Crippen LogP contribution in [0.3, 0.4) is 0 Å². The smallest absolute Gasteiger partial charge is 0.193 e. The predicted molar refractivity (Wildman–Crippen MR) is 106 cm³/mol. The summed E-state index contributed by atoms with van der Waals surface area (Å²) in [6, 6.07) is 27.5. The number of nitrogens with zero attached hydrogens (tertiary/aromatic N) is 1. The third kappa shape index (κ3) is 4.04. The van der Waals surface area contributed by atoms with Gasteiger partial charge in [-0.25, -0.2) is 0 Å². The summed E-state index contributed by atoms with van der Waals surface area (Å²) >= 11 is 0. The third-order valence-corrected chi connectivity index (χ3v) is 4.09. The Balaban J connectivity index is 2.02. The van der Waals surface area contributed by atoms with Crippen LogP contribution in [0.4, 0.5) is 5.69 Å². The van der Waals surface area contributed by atoms with Crippen molar-refractivity contribution in [3.63, 3.8) is 0 Å². The Bertz CT molecular complexity index is 863. The van der Waals surface area contributed by atoms with Crippen LogP contribution in [-0.2, 0) is 0 Å². The maximum atomic E-state index is 13.1. The van der Waals surface area contributed by atoms with Gasteiger partial charge in [0.05, 0.1) is 0 Å². The molecule has 3 aromatic rings. The van der Waals surface area contributed by atoms with Crippen LogP contribution in [0, 0.1) is 0 Å². The highest BCUT2D eigenvalue weighted by Crippen LogP contribution is 2.24. The van der Waals surface area contributed by atoms with Gasteiger partial charge in [0.2, 0.25) is 0 Å². The van der Waals surface area contributed by atoms with Crippen LogP contribution in [0.15, 0.2) is 84.9 Å². The topological polar surface area (TPSA) is 20.3 Å². The molecule has 0 bridgehead atoms. The van der Waals surface area contributed by atoms with Crippen LogP contribution >= 0.6 is 0 Å². The second kappa shape index (κ2) is 7.63. The summed E-state index contributed by atoms with van der Waals surface area (Å²) in [5.74, 6) is 0.0281. The summed E-state index contributed by atoms with van der Waals surface area (Å²) in [6.45, 7) is 0. The summed E-state index contributed by atoms with van der Waals surface area (Å²) in [5.41, 5.74) is 4.40. The molecule has 0 N–H and O–H groups in total. The first-order valence-corrected chi connectivity index (χ1v) is 8.29. The van der Waals surface area contributed by atoms with Gasteiger partial charge in [0.25, 0.3) is 0 Å². The zero-order chi connectivity index (χ0) is 17.6. The number of anilines is 1. The van der Waals surface area contributed by atoms with Crippen LogP contribution in [-0.4, -0.2) is 19.9 Å². The van der Waals surface area contributed by atoms with E-state index >= 15 is 0 Å². The molecule has 0 atom stereocenters. The number of carbonyl (C=O) groups is 1. The van der Waals surface area contributed by atoms with Crippen molar-refractivity contribution >= 4 is 23.1 Å². The predicted octanol–water partition coefficient (Wildman–Crippen LogP) is 5.18. The van der Waals surface area contributed by atoms with Gasteiger partial charge >= 0.3 is 0 Å². The zero-order valence-corrected chi connectivity index (χ0v) is 14.5. The first-order chi connectivity index (χ1) is 12.1. The van der Waals surface area contributed by atoms with Crippen LogP contribution in [0.1, 0.15) is 21.5 Å². The lowest BCUT2D eigenvalue weighted by molar-refractivity contribution is 0.105. The average molecular weight is 327 g/mol. The first kappa shape index (κ1) is 16.7. The molecule has 0 unspecified atom stereocenters. The number of allylic oxidation sites excluding steroid dienone is 1. The second-order valence-electron chi connectivity index (χ2n) is 6.11. The molecule has 3 aromatic carbocycles. The number of carbonyl (C=O) groups excluding carboxylic acids is 1. The Hall–Kier alpha value is -3.13. The number of rotatable bonds is 5. The van der Waals surface area contributed by atoms with Crippen LogP contribution in [0.2, 0.25) is 0 Å². The lowest BCUT2D eigenvalue weighted by Crippen LogP contribution is -2.09. The van der Waals surface area contributed by atoms with Crippen molar-refractivity contribution in [3.05, 3.63) is 102 Å². The van der Waals surface area contributed by atoms with E-state index in [0.717, 1.165) is 16.8 Å². The summed E-state index contributed by atoms with van der Waals surface area (Å²) in [7, 11) is 3.98. The first-order valence-electron chi connectivity index (χ1n) is 8.29. The Labute approximate surface area is 149 Å². The zero-order valence-electron chi connectivity index (χ0n) is 14.5. The van der Waals surface area contributed by atoms with Crippen molar-refractivity contribution in [2.24, 2.45) is 0 Å². The van der Waals surface area contributed by atoms with E-state index in [4.69, 9.17) is 0 Å². The Morgan fingerprint density at radius 1 is 0.720 bits per heavy atom. The molecule has 124 valence electrons. The molecule has 0 saturated heterocycles. The summed E-state index contributed by atoms with van der Waals surface area (Å²) in [5, 5.41) is 0. The summed E-state index contributed by atoms with van der Waals surface area (Å²) in [6.07, 6.45) is 1.96. The molecule has 0 aromatic heterocycles. The molecule has 0 aliphatic carbocycles. The Morgan fingerprint density at radius 3 is 1.84 bits per heavy atom. The van der Waals surface area contributed by atoms with E-state index in [1.54, 1.807) is 0 Å². The van der Waals surface area contributed by atoms with E-state index in [2.05, 4.69) is 0 Å². The van der Waals surface area contributed by atoms with Crippen LogP contribution in [0.5, 0.6) is 0 Å². The van der Waals surface area contributed by atoms with Crippen molar-refractivity contribution in [2.45, 2.75) is 0 Å². The second-order valence-corrected chi connectivity index (χ2v) is 6.11.